The molecule has 27 heavy (non-hydrogen) atoms. The molecule has 3 amide bonds. The number of amides is 3. The zero-order valence-electron chi connectivity index (χ0n) is 15.3. The maximum absolute atomic E-state index is 12.7. The van der Waals surface area contributed by atoms with Gasteiger partial charge in [-0.2, -0.15) is 5.10 Å². The number of thiazole rings is 1. The van der Waals surface area contributed by atoms with Crippen LogP contribution < -0.4 is 10.2 Å². The second kappa shape index (κ2) is 7.63. The van der Waals surface area contributed by atoms with E-state index in [0.29, 0.717) is 30.5 Å². The van der Waals surface area contributed by atoms with Crippen molar-refractivity contribution in [3.05, 3.63) is 22.7 Å². The molecule has 0 radical (unpaired) electrons. The summed E-state index contributed by atoms with van der Waals surface area (Å²) >= 11 is 1.41. The first-order valence-electron chi connectivity index (χ1n) is 9.26. The fourth-order valence-electron chi connectivity index (χ4n) is 3.54. The average Bonchev–Trinajstić information content (AvgIpc) is 3.31. The van der Waals surface area contributed by atoms with Crippen molar-refractivity contribution < 1.29 is 9.59 Å². The monoisotopic (exact) mass is 389 g/mol. The smallest absolute Gasteiger partial charge is 0.323 e. The zero-order chi connectivity index (χ0) is 18.8. The van der Waals surface area contributed by atoms with Crippen LogP contribution in [0.3, 0.4) is 0 Å². The molecule has 2 fully saturated rings. The molecule has 2 aliphatic rings. The topological polar surface area (TPSA) is 107 Å². The van der Waals surface area contributed by atoms with Crippen molar-refractivity contribution in [2.24, 2.45) is 0 Å². The van der Waals surface area contributed by atoms with E-state index >= 15 is 0 Å². The van der Waals surface area contributed by atoms with Gasteiger partial charge in [0.2, 0.25) is 5.91 Å². The Morgan fingerprint density at radius 1 is 1.33 bits per heavy atom. The highest BCUT2D eigenvalue weighted by Gasteiger charge is 2.28. The lowest BCUT2D eigenvalue weighted by Gasteiger charge is -2.31. The van der Waals surface area contributed by atoms with Gasteiger partial charge in [0, 0.05) is 37.5 Å². The van der Waals surface area contributed by atoms with Crippen molar-refractivity contribution in [1.82, 2.24) is 30.4 Å². The van der Waals surface area contributed by atoms with E-state index in [0.717, 1.165) is 37.5 Å². The van der Waals surface area contributed by atoms with Gasteiger partial charge in [-0.05, 0) is 26.2 Å². The lowest BCUT2D eigenvalue weighted by Crippen LogP contribution is -2.46. The van der Waals surface area contributed by atoms with Crippen LogP contribution in [-0.2, 0) is 11.2 Å². The third-order valence-corrected chi connectivity index (χ3v) is 5.85. The standard InChI is InChI=1S/C17H23N7O2S/c1-11-19-15(22-21-11)12-4-2-6-23(9-12)14(25)8-13-10-27-17(20-13)24-7-3-5-18-16(24)26/h10,12H,2-9H2,1H3,(H,18,26)(H,19,21,22)/t12-/m0/s1. The Morgan fingerprint density at radius 2 is 2.22 bits per heavy atom. The Hall–Kier alpha value is -2.49. The van der Waals surface area contributed by atoms with E-state index in [1.54, 1.807) is 4.90 Å². The summed E-state index contributed by atoms with van der Waals surface area (Å²) in [6.07, 6.45) is 3.09. The normalized spacial score (nSPS) is 20.6. The minimum atomic E-state index is -0.117. The molecule has 0 saturated carbocycles. The van der Waals surface area contributed by atoms with Crippen LogP contribution in [0.4, 0.5) is 9.93 Å². The van der Waals surface area contributed by atoms with Gasteiger partial charge in [-0.15, -0.1) is 11.3 Å². The van der Waals surface area contributed by atoms with E-state index in [1.165, 1.54) is 11.3 Å². The van der Waals surface area contributed by atoms with Gasteiger partial charge in [-0.1, -0.05) is 0 Å². The SMILES string of the molecule is Cc1nc([C@H]2CCCN(C(=O)Cc3csc(N4CCCNC4=O)n3)C2)n[nH]1. The molecule has 2 N–H and O–H groups in total. The molecule has 0 aliphatic carbocycles. The summed E-state index contributed by atoms with van der Waals surface area (Å²) in [4.78, 5) is 37.1. The number of H-pyrrole nitrogens is 1. The van der Waals surface area contributed by atoms with Gasteiger partial charge in [0.15, 0.2) is 11.0 Å². The number of aromatic nitrogens is 4. The molecule has 4 heterocycles. The maximum atomic E-state index is 12.7. The number of likely N-dealkylation sites (tertiary alicyclic amines) is 1. The Kier molecular flexibility index (Phi) is 5.06. The summed E-state index contributed by atoms with van der Waals surface area (Å²) in [5, 5.41) is 12.5. The van der Waals surface area contributed by atoms with Gasteiger partial charge >= 0.3 is 6.03 Å². The predicted molar refractivity (Wildman–Crippen MR) is 101 cm³/mol. The van der Waals surface area contributed by atoms with E-state index in [4.69, 9.17) is 0 Å². The quantitative estimate of drug-likeness (QED) is 0.823. The van der Waals surface area contributed by atoms with Crippen LogP contribution in [-0.4, -0.2) is 63.2 Å². The molecule has 2 aromatic heterocycles. The number of anilines is 1. The number of nitrogens with zero attached hydrogens (tertiary/aromatic N) is 5. The number of aromatic amines is 1. The van der Waals surface area contributed by atoms with Crippen LogP contribution in [0.2, 0.25) is 0 Å². The molecule has 9 nitrogen and oxygen atoms in total. The van der Waals surface area contributed by atoms with Crippen LogP contribution >= 0.6 is 11.3 Å². The highest BCUT2D eigenvalue weighted by Crippen LogP contribution is 2.26. The molecule has 0 spiro atoms. The van der Waals surface area contributed by atoms with Crippen molar-refractivity contribution >= 4 is 28.4 Å². The Morgan fingerprint density at radius 3 is 3.00 bits per heavy atom. The number of rotatable bonds is 4. The lowest BCUT2D eigenvalue weighted by atomic mass is 9.97. The van der Waals surface area contributed by atoms with Crippen LogP contribution in [0.15, 0.2) is 5.38 Å². The minimum absolute atomic E-state index is 0.0619. The third-order valence-electron chi connectivity index (χ3n) is 4.94. The van der Waals surface area contributed by atoms with Crippen molar-refractivity contribution in [2.75, 3.05) is 31.1 Å². The highest BCUT2D eigenvalue weighted by atomic mass is 32.1. The van der Waals surface area contributed by atoms with Crippen LogP contribution in [0.1, 0.15) is 42.5 Å². The van der Waals surface area contributed by atoms with Crippen molar-refractivity contribution in [2.45, 2.75) is 38.5 Å². The molecule has 2 aromatic rings. The molecule has 0 unspecified atom stereocenters. The van der Waals surface area contributed by atoms with Gasteiger partial charge in [0.25, 0.3) is 0 Å². The van der Waals surface area contributed by atoms with Gasteiger partial charge in [-0.25, -0.2) is 14.8 Å². The summed E-state index contributed by atoms with van der Waals surface area (Å²) in [6, 6.07) is -0.117. The van der Waals surface area contributed by atoms with Crippen molar-refractivity contribution in [1.29, 1.82) is 0 Å². The summed E-state index contributed by atoms with van der Waals surface area (Å²) in [5.74, 6) is 1.82. The fourth-order valence-corrected chi connectivity index (χ4v) is 4.39. The Labute approximate surface area is 161 Å². The number of hydrogen-bond donors (Lipinski definition) is 2. The van der Waals surface area contributed by atoms with E-state index < -0.39 is 0 Å². The van der Waals surface area contributed by atoms with Crippen molar-refractivity contribution in [3.63, 3.8) is 0 Å². The predicted octanol–water partition coefficient (Wildman–Crippen LogP) is 1.44. The summed E-state index contributed by atoms with van der Waals surface area (Å²) in [7, 11) is 0. The molecule has 1 atom stereocenters. The number of nitrogens with one attached hydrogen (secondary N) is 2. The fraction of sp³-hybridized carbons (Fsp3) is 0.588. The molecule has 0 aromatic carbocycles. The van der Waals surface area contributed by atoms with E-state index in [1.807, 2.05) is 17.2 Å². The van der Waals surface area contributed by atoms with E-state index in [-0.39, 0.29) is 24.3 Å². The molecule has 10 heteroatoms. The number of aryl methyl sites for hydroxylation is 1. The minimum Gasteiger partial charge on any atom is -0.342 e. The van der Waals surface area contributed by atoms with Crippen LogP contribution in [0.25, 0.3) is 0 Å². The summed E-state index contributed by atoms with van der Waals surface area (Å²) in [5.41, 5.74) is 0.717. The summed E-state index contributed by atoms with van der Waals surface area (Å²) < 4.78 is 0. The second-order valence-electron chi connectivity index (χ2n) is 6.99. The molecule has 4 rings (SSSR count). The molecular formula is C17H23N7O2S. The summed E-state index contributed by atoms with van der Waals surface area (Å²) in [6.45, 7) is 4.64. The number of urea groups is 1. The number of hydrogen-bond acceptors (Lipinski definition) is 6. The Bertz CT molecular complexity index is 833. The average molecular weight is 389 g/mol. The first-order valence-corrected chi connectivity index (χ1v) is 10.1. The van der Waals surface area contributed by atoms with Gasteiger partial charge < -0.3 is 10.2 Å². The molecule has 2 aliphatic heterocycles. The highest BCUT2D eigenvalue weighted by molar-refractivity contribution is 7.14. The molecule has 0 bridgehead atoms. The van der Waals surface area contributed by atoms with Gasteiger partial charge in [0.05, 0.1) is 12.1 Å². The number of carbonyl (C=O) groups excluding carboxylic acids is 2. The van der Waals surface area contributed by atoms with Crippen LogP contribution in [0, 0.1) is 6.92 Å². The Balaban J connectivity index is 1.38. The molecular weight excluding hydrogens is 366 g/mol. The largest absolute Gasteiger partial charge is 0.342 e. The van der Waals surface area contributed by atoms with Gasteiger partial charge in [-0.3, -0.25) is 14.8 Å². The zero-order valence-corrected chi connectivity index (χ0v) is 16.1. The number of piperidine rings is 1. The third kappa shape index (κ3) is 3.95. The van der Waals surface area contributed by atoms with E-state index in [2.05, 4.69) is 25.5 Å². The lowest BCUT2D eigenvalue weighted by molar-refractivity contribution is -0.131. The van der Waals surface area contributed by atoms with E-state index in [9.17, 15) is 9.59 Å². The van der Waals surface area contributed by atoms with Gasteiger partial charge in [0.1, 0.15) is 5.82 Å². The number of carbonyl (C=O) groups is 2. The molecule has 2 saturated heterocycles. The second-order valence-corrected chi connectivity index (χ2v) is 7.83. The first kappa shape index (κ1) is 17.9. The first-order chi connectivity index (χ1) is 13.1. The maximum Gasteiger partial charge on any atom is 0.323 e. The molecule has 144 valence electrons. The van der Waals surface area contributed by atoms with Crippen LogP contribution in [0.5, 0.6) is 0 Å². The van der Waals surface area contributed by atoms with Crippen molar-refractivity contribution in [3.8, 4) is 0 Å².